The van der Waals surface area contributed by atoms with E-state index < -0.39 is 11.7 Å². The van der Waals surface area contributed by atoms with Gasteiger partial charge in [0.25, 0.3) is 0 Å². The first kappa shape index (κ1) is 15.2. The SMILES string of the molecule is COC(=O)CC1(CSc2cc(C(F)(F)F)ccn2)CC1. The lowest BCUT2D eigenvalue weighted by atomic mass is 10.1. The van der Waals surface area contributed by atoms with Crippen LogP contribution in [0.2, 0.25) is 0 Å². The highest BCUT2D eigenvalue weighted by atomic mass is 32.2. The fraction of sp³-hybridized carbons (Fsp3) is 0.538. The number of hydrogen-bond donors (Lipinski definition) is 0. The minimum Gasteiger partial charge on any atom is -0.469 e. The number of carbonyl (C=O) groups is 1. The van der Waals surface area contributed by atoms with Crippen LogP contribution in [-0.2, 0) is 15.7 Å². The highest BCUT2D eigenvalue weighted by Crippen LogP contribution is 2.52. The average molecular weight is 305 g/mol. The number of thioether (sulfide) groups is 1. The lowest BCUT2D eigenvalue weighted by molar-refractivity contribution is -0.142. The van der Waals surface area contributed by atoms with Gasteiger partial charge in [-0.1, -0.05) is 0 Å². The minimum atomic E-state index is -4.36. The van der Waals surface area contributed by atoms with E-state index in [1.54, 1.807) is 0 Å². The van der Waals surface area contributed by atoms with Gasteiger partial charge >= 0.3 is 12.1 Å². The van der Waals surface area contributed by atoms with E-state index in [2.05, 4.69) is 9.72 Å². The van der Waals surface area contributed by atoms with Gasteiger partial charge in [0.15, 0.2) is 0 Å². The average Bonchev–Trinajstić information content (AvgIpc) is 3.16. The maximum Gasteiger partial charge on any atom is 0.416 e. The van der Waals surface area contributed by atoms with Gasteiger partial charge in [-0.05, 0) is 30.4 Å². The van der Waals surface area contributed by atoms with E-state index in [9.17, 15) is 18.0 Å². The molecule has 0 aliphatic heterocycles. The van der Waals surface area contributed by atoms with Gasteiger partial charge in [0.05, 0.1) is 24.1 Å². The van der Waals surface area contributed by atoms with Gasteiger partial charge in [-0.3, -0.25) is 4.79 Å². The molecule has 0 saturated heterocycles. The fourth-order valence-electron chi connectivity index (χ4n) is 1.82. The molecule has 1 saturated carbocycles. The summed E-state index contributed by atoms with van der Waals surface area (Å²) in [7, 11) is 1.33. The maximum absolute atomic E-state index is 12.6. The molecule has 0 amide bonds. The van der Waals surface area contributed by atoms with Crippen LogP contribution in [0.1, 0.15) is 24.8 Å². The predicted molar refractivity (Wildman–Crippen MR) is 68.3 cm³/mol. The quantitative estimate of drug-likeness (QED) is 0.616. The van der Waals surface area contributed by atoms with Crippen molar-refractivity contribution in [1.29, 1.82) is 0 Å². The summed E-state index contributed by atoms with van der Waals surface area (Å²) in [6.45, 7) is 0. The van der Waals surface area contributed by atoms with Crippen molar-refractivity contribution >= 4 is 17.7 Å². The van der Waals surface area contributed by atoms with Crippen molar-refractivity contribution in [2.75, 3.05) is 12.9 Å². The van der Waals surface area contributed by atoms with Crippen LogP contribution in [0.5, 0.6) is 0 Å². The first-order valence-corrected chi connectivity index (χ1v) is 7.06. The number of rotatable bonds is 5. The molecule has 3 nitrogen and oxygen atoms in total. The standard InChI is InChI=1S/C13H14F3NO2S/c1-19-11(18)7-12(3-4-12)8-20-10-6-9(2-5-17-10)13(14,15)16/h2,5-6H,3-4,7-8H2,1H3. The van der Waals surface area contributed by atoms with Gasteiger partial charge < -0.3 is 4.74 Å². The van der Waals surface area contributed by atoms with Gasteiger partial charge in [-0.15, -0.1) is 11.8 Å². The highest BCUT2D eigenvalue weighted by Gasteiger charge is 2.44. The maximum atomic E-state index is 12.6. The number of ether oxygens (including phenoxy) is 1. The molecule has 7 heteroatoms. The van der Waals surface area contributed by atoms with Gasteiger partial charge in [0, 0.05) is 11.9 Å². The summed E-state index contributed by atoms with van der Waals surface area (Å²) in [5.74, 6) is 0.302. The Morgan fingerprint density at radius 2 is 2.20 bits per heavy atom. The third-order valence-corrected chi connectivity index (χ3v) is 4.57. The lowest BCUT2D eigenvalue weighted by Crippen LogP contribution is -2.13. The number of pyridine rings is 1. The molecular formula is C13H14F3NO2S. The molecule has 1 aromatic heterocycles. The molecule has 0 unspecified atom stereocenters. The highest BCUT2D eigenvalue weighted by molar-refractivity contribution is 7.99. The van der Waals surface area contributed by atoms with Crippen LogP contribution in [0, 0.1) is 5.41 Å². The zero-order valence-corrected chi connectivity index (χ0v) is 11.7. The number of aromatic nitrogens is 1. The molecule has 0 atom stereocenters. The molecule has 0 spiro atoms. The number of methoxy groups -OCH3 is 1. The zero-order valence-electron chi connectivity index (χ0n) is 10.9. The Morgan fingerprint density at radius 3 is 2.75 bits per heavy atom. The summed E-state index contributed by atoms with van der Waals surface area (Å²) in [6, 6.07) is 1.99. The first-order valence-electron chi connectivity index (χ1n) is 6.08. The number of esters is 1. The van der Waals surface area contributed by atoms with E-state index in [-0.39, 0.29) is 11.4 Å². The number of hydrogen-bond acceptors (Lipinski definition) is 4. The van der Waals surface area contributed by atoms with Crippen molar-refractivity contribution in [2.24, 2.45) is 5.41 Å². The molecule has 1 heterocycles. The van der Waals surface area contributed by atoms with E-state index in [1.165, 1.54) is 18.9 Å². The summed E-state index contributed by atoms with van der Waals surface area (Å²) >= 11 is 1.25. The van der Waals surface area contributed by atoms with Crippen LogP contribution < -0.4 is 0 Å². The van der Waals surface area contributed by atoms with Gasteiger partial charge in [-0.2, -0.15) is 13.2 Å². The van der Waals surface area contributed by atoms with Crippen molar-refractivity contribution in [3.8, 4) is 0 Å². The second kappa shape index (κ2) is 5.63. The Kier molecular flexibility index (Phi) is 4.27. The Balaban J connectivity index is 1.96. The lowest BCUT2D eigenvalue weighted by Gasteiger charge is -2.13. The molecule has 1 aliphatic carbocycles. The molecule has 1 aromatic rings. The number of carbonyl (C=O) groups excluding carboxylic acids is 1. The molecule has 0 bridgehead atoms. The van der Waals surface area contributed by atoms with Crippen LogP contribution in [0.15, 0.2) is 23.4 Å². The molecule has 0 N–H and O–H groups in total. The van der Waals surface area contributed by atoms with Crippen molar-refractivity contribution < 1.29 is 22.7 Å². The van der Waals surface area contributed by atoms with E-state index in [1.807, 2.05) is 0 Å². The van der Waals surface area contributed by atoms with Crippen LogP contribution in [0.3, 0.4) is 0 Å². The summed E-state index contributed by atoms with van der Waals surface area (Å²) in [4.78, 5) is 15.2. The molecule has 0 aromatic carbocycles. The summed E-state index contributed by atoms with van der Waals surface area (Å²) in [5.41, 5.74) is -0.832. The van der Waals surface area contributed by atoms with Crippen molar-refractivity contribution in [3.05, 3.63) is 23.9 Å². The Morgan fingerprint density at radius 1 is 1.50 bits per heavy atom. The van der Waals surface area contributed by atoms with Crippen molar-refractivity contribution in [2.45, 2.75) is 30.5 Å². The van der Waals surface area contributed by atoms with Gasteiger partial charge in [0.2, 0.25) is 0 Å². The van der Waals surface area contributed by atoms with E-state index >= 15 is 0 Å². The van der Waals surface area contributed by atoms with Gasteiger partial charge in [0.1, 0.15) is 0 Å². The van der Waals surface area contributed by atoms with Crippen LogP contribution in [0.25, 0.3) is 0 Å². The Labute approximate surface area is 118 Å². The summed E-state index contributed by atoms with van der Waals surface area (Å²) in [5, 5.41) is 0.330. The molecule has 2 rings (SSSR count). The Hall–Kier alpha value is -1.24. The second-order valence-electron chi connectivity index (χ2n) is 4.92. The number of alkyl halides is 3. The third kappa shape index (κ3) is 3.88. The second-order valence-corrected chi connectivity index (χ2v) is 5.92. The molecule has 1 fully saturated rings. The fourth-order valence-corrected chi connectivity index (χ4v) is 3.01. The number of halogens is 3. The molecule has 1 aliphatic rings. The van der Waals surface area contributed by atoms with E-state index in [4.69, 9.17) is 0 Å². The van der Waals surface area contributed by atoms with E-state index in [0.717, 1.165) is 31.2 Å². The third-order valence-electron chi connectivity index (χ3n) is 3.29. The topological polar surface area (TPSA) is 39.2 Å². The normalized spacial score (nSPS) is 16.8. The smallest absolute Gasteiger partial charge is 0.416 e. The molecule has 0 radical (unpaired) electrons. The van der Waals surface area contributed by atoms with Crippen molar-refractivity contribution in [1.82, 2.24) is 4.98 Å². The molecule has 20 heavy (non-hydrogen) atoms. The molecule has 110 valence electrons. The summed E-state index contributed by atoms with van der Waals surface area (Å²) < 4.78 is 42.4. The monoisotopic (exact) mass is 305 g/mol. The number of nitrogens with zero attached hydrogens (tertiary/aromatic N) is 1. The largest absolute Gasteiger partial charge is 0.469 e. The van der Waals surface area contributed by atoms with Crippen LogP contribution >= 0.6 is 11.8 Å². The first-order chi connectivity index (χ1) is 9.35. The van der Waals surface area contributed by atoms with Crippen LogP contribution in [-0.4, -0.2) is 23.8 Å². The van der Waals surface area contributed by atoms with E-state index in [0.29, 0.717) is 17.2 Å². The van der Waals surface area contributed by atoms with Crippen molar-refractivity contribution in [3.63, 3.8) is 0 Å². The van der Waals surface area contributed by atoms with Crippen LogP contribution in [0.4, 0.5) is 13.2 Å². The molecular weight excluding hydrogens is 291 g/mol. The summed E-state index contributed by atoms with van der Waals surface area (Å²) in [6.07, 6.45) is -1.09. The minimum absolute atomic E-state index is 0.131. The Bertz CT molecular complexity index is 501. The predicted octanol–water partition coefficient (Wildman–Crippen LogP) is 3.54. The van der Waals surface area contributed by atoms with Gasteiger partial charge in [-0.25, -0.2) is 4.98 Å². The zero-order chi connectivity index (χ0) is 14.8.